The number of benzene rings is 3. The predicted octanol–water partition coefficient (Wildman–Crippen LogP) is 6.79. The number of carbonyl (C=O) groups is 4. The number of imide groups is 1. The Kier molecular flexibility index (Phi) is 11.2. The Hall–Kier alpha value is -6.51. The van der Waals surface area contributed by atoms with Gasteiger partial charge in [-0.1, -0.05) is 31.0 Å². The highest BCUT2D eigenvalue weighted by Crippen LogP contribution is 2.37. The molecule has 0 saturated carbocycles. The van der Waals surface area contributed by atoms with Crippen LogP contribution in [0.4, 0.5) is 16.3 Å². The third kappa shape index (κ3) is 8.28. The van der Waals surface area contributed by atoms with E-state index in [0.29, 0.717) is 59.5 Å². The molecule has 3 aromatic carbocycles. The maximum atomic E-state index is 14.0. The number of carbonyl (C=O) groups excluding carboxylic acids is 4. The number of nitrogens with zero attached hydrogens (tertiary/aromatic N) is 8. The van der Waals surface area contributed by atoms with Gasteiger partial charge >= 0.3 is 6.03 Å². The van der Waals surface area contributed by atoms with Gasteiger partial charge < -0.3 is 30.1 Å². The molecule has 0 spiro atoms. The number of amides is 5. The van der Waals surface area contributed by atoms with E-state index in [2.05, 4.69) is 31.2 Å². The van der Waals surface area contributed by atoms with E-state index in [0.717, 1.165) is 99.6 Å². The van der Waals surface area contributed by atoms with Crippen LogP contribution in [0.3, 0.4) is 0 Å². The van der Waals surface area contributed by atoms with Gasteiger partial charge in [-0.25, -0.2) is 19.4 Å². The summed E-state index contributed by atoms with van der Waals surface area (Å²) in [4.78, 5) is 68.4. The number of anilines is 2. The summed E-state index contributed by atoms with van der Waals surface area (Å²) in [7, 11) is 0. The van der Waals surface area contributed by atoms with Crippen LogP contribution in [0.1, 0.15) is 86.2 Å². The van der Waals surface area contributed by atoms with Gasteiger partial charge in [0.2, 0.25) is 11.8 Å². The number of nitrogens with one attached hydrogen (secondary N) is 1. The van der Waals surface area contributed by atoms with E-state index in [-0.39, 0.29) is 36.2 Å². The first-order valence-electron chi connectivity index (χ1n) is 22.6. The highest BCUT2D eigenvalue weighted by Gasteiger charge is 2.39. The van der Waals surface area contributed by atoms with Gasteiger partial charge in [0.05, 0.1) is 11.4 Å². The summed E-state index contributed by atoms with van der Waals surface area (Å²) >= 11 is 0. The van der Waals surface area contributed by atoms with Crippen molar-refractivity contribution in [3.05, 3.63) is 90.3 Å². The molecule has 7 heterocycles. The van der Waals surface area contributed by atoms with Gasteiger partial charge in [-0.2, -0.15) is 5.10 Å². The number of fused-ring (bicyclic) bond motifs is 2. The molecular formula is C48H54N10O5. The highest BCUT2D eigenvalue weighted by molar-refractivity contribution is 6.05. The highest BCUT2D eigenvalue weighted by atomic mass is 16.5. The topological polar surface area (TPSA) is 172 Å². The van der Waals surface area contributed by atoms with Crippen LogP contribution in [0.25, 0.3) is 22.3 Å². The third-order valence-corrected chi connectivity index (χ3v) is 14.0. The number of ether oxygens (including phenoxy) is 1. The van der Waals surface area contributed by atoms with Crippen molar-refractivity contribution in [2.45, 2.75) is 82.8 Å². The average molecular weight is 851 g/mol. The monoisotopic (exact) mass is 850 g/mol. The van der Waals surface area contributed by atoms with E-state index in [1.807, 2.05) is 76.3 Å². The summed E-state index contributed by atoms with van der Waals surface area (Å²) in [5.41, 5.74) is 11.5. The van der Waals surface area contributed by atoms with E-state index in [1.165, 1.54) is 19.2 Å². The van der Waals surface area contributed by atoms with Crippen molar-refractivity contribution in [3.8, 4) is 22.8 Å². The first kappa shape index (κ1) is 40.6. The summed E-state index contributed by atoms with van der Waals surface area (Å²) < 4.78 is 7.97. The minimum Gasteiger partial charge on any atom is -0.457 e. The van der Waals surface area contributed by atoms with Crippen LogP contribution in [-0.2, 0) is 16.1 Å². The number of piperidine rings is 4. The number of nitrogens with two attached hydrogens (primary N) is 1. The lowest BCUT2D eigenvalue weighted by atomic mass is 9.85. The number of hydrogen-bond donors (Lipinski definition) is 2. The van der Waals surface area contributed by atoms with Crippen molar-refractivity contribution < 1.29 is 23.9 Å². The van der Waals surface area contributed by atoms with Gasteiger partial charge in [0.1, 0.15) is 35.4 Å². The SMILES string of the molecule is Nc1ncnc2c1c(-c1ccc(Oc3ccccc3)cc1)nn2C1CCCN(C(=O)N2CCC(CCC3CCN(c4ccc5c(c4)CN(C4CCC(=O)NC4=O)C5=O)CC3)CC2)C1. The Bertz CT molecular complexity index is 2510. The van der Waals surface area contributed by atoms with Crippen LogP contribution >= 0.6 is 0 Å². The van der Waals surface area contributed by atoms with Gasteiger partial charge in [0.25, 0.3) is 5.91 Å². The molecule has 15 heteroatoms. The first-order valence-corrected chi connectivity index (χ1v) is 22.6. The van der Waals surface area contributed by atoms with Gasteiger partial charge in [0.15, 0.2) is 5.65 Å². The molecule has 5 aliphatic rings. The van der Waals surface area contributed by atoms with Crippen LogP contribution < -0.4 is 20.7 Å². The molecular weight excluding hydrogens is 797 g/mol. The molecule has 63 heavy (non-hydrogen) atoms. The number of nitrogen functional groups attached to an aromatic ring is 1. The maximum absolute atomic E-state index is 14.0. The Morgan fingerprint density at radius 1 is 0.794 bits per heavy atom. The molecule has 15 nitrogen and oxygen atoms in total. The molecule has 326 valence electrons. The molecule has 4 saturated heterocycles. The lowest BCUT2D eigenvalue weighted by Gasteiger charge is -2.39. The van der Waals surface area contributed by atoms with Crippen molar-refractivity contribution in [1.82, 2.24) is 39.8 Å². The number of hydrogen-bond acceptors (Lipinski definition) is 10. The van der Waals surface area contributed by atoms with Gasteiger partial charge in [-0.05, 0) is 117 Å². The van der Waals surface area contributed by atoms with E-state index in [4.69, 9.17) is 15.6 Å². The smallest absolute Gasteiger partial charge is 0.320 e. The van der Waals surface area contributed by atoms with Crippen molar-refractivity contribution in [1.29, 1.82) is 0 Å². The molecule has 0 aliphatic carbocycles. The van der Waals surface area contributed by atoms with Crippen LogP contribution in [-0.4, -0.2) is 104 Å². The van der Waals surface area contributed by atoms with Crippen molar-refractivity contribution >= 4 is 46.3 Å². The van der Waals surface area contributed by atoms with E-state index < -0.39 is 6.04 Å². The second kappa shape index (κ2) is 17.3. The van der Waals surface area contributed by atoms with Gasteiger partial charge in [-0.3, -0.25) is 19.7 Å². The summed E-state index contributed by atoms with van der Waals surface area (Å²) in [6, 6.07) is 23.0. The molecule has 5 aliphatic heterocycles. The fourth-order valence-electron chi connectivity index (χ4n) is 10.4. The molecule has 10 rings (SSSR count). The van der Waals surface area contributed by atoms with Gasteiger partial charge in [-0.15, -0.1) is 0 Å². The molecule has 2 aromatic heterocycles. The largest absolute Gasteiger partial charge is 0.457 e. The number of urea groups is 1. The Balaban J connectivity index is 0.700. The molecule has 5 amide bonds. The van der Waals surface area contributed by atoms with Crippen LogP contribution in [0.15, 0.2) is 79.1 Å². The van der Waals surface area contributed by atoms with E-state index in [1.54, 1.807) is 4.90 Å². The molecule has 5 aromatic rings. The zero-order valence-corrected chi connectivity index (χ0v) is 35.5. The van der Waals surface area contributed by atoms with Crippen LogP contribution in [0, 0.1) is 11.8 Å². The average Bonchev–Trinajstić information content (AvgIpc) is 3.87. The Labute approximate surface area is 366 Å². The molecule has 2 atom stereocenters. The van der Waals surface area contributed by atoms with E-state index >= 15 is 0 Å². The number of rotatable bonds is 9. The lowest BCUT2D eigenvalue weighted by Crippen LogP contribution is -2.52. The van der Waals surface area contributed by atoms with Crippen LogP contribution in [0.5, 0.6) is 11.5 Å². The van der Waals surface area contributed by atoms with Crippen molar-refractivity contribution in [2.75, 3.05) is 49.9 Å². The number of likely N-dealkylation sites (tertiary alicyclic amines) is 2. The molecule has 3 N–H and O–H groups in total. The quantitative estimate of drug-likeness (QED) is 0.150. The Morgan fingerprint density at radius 2 is 1.52 bits per heavy atom. The van der Waals surface area contributed by atoms with E-state index in [9.17, 15) is 19.2 Å². The summed E-state index contributed by atoms with van der Waals surface area (Å²) in [6.45, 7) is 5.21. The Morgan fingerprint density at radius 3 is 2.27 bits per heavy atom. The fourth-order valence-corrected chi connectivity index (χ4v) is 10.4. The van der Waals surface area contributed by atoms with Gasteiger partial charge in [0, 0.05) is 69.0 Å². The normalized spacial score (nSPS) is 21.2. The van der Waals surface area contributed by atoms with Crippen molar-refractivity contribution in [2.24, 2.45) is 11.8 Å². The molecule has 4 fully saturated rings. The molecule has 2 unspecified atom stereocenters. The maximum Gasteiger partial charge on any atom is 0.320 e. The zero-order valence-electron chi connectivity index (χ0n) is 35.5. The zero-order chi connectivity index (χ0) is 43.0. The summed E-state index contributed by atoms with van der Waals surface area (Å²) in [6.07, 6.45) is 10.6. The lowest BCUT2D eigenvalue weighted by molar-refractivity contribution is -0.136. The number of aromatic nitrogens is 4. The minimum atomic E-state index is -0.600. The first-order chi connectivity index (χ1) is 30.8. The second-order valence-corrected chi connectivity index (χ2v) is 17.9. The fraction of sp³-hybridized carbons (Fsp3) is 0.438. The standard InChI is InChI=1S/C48H54N10O5/c49-44-42-43(33-10-13-38(14-11-33)63-37-6-2-1-3-7-37)53-58(45(42)51-30-50-44)36-5-4-22-56(29-36)48(62)55-25-20-32(21-26-55)9-8-31-18-23-54(24-19-31)35-12-15-39-34(27-35)28-57(47(39)61)40-16-17-41(59)52-46(40)60/h1-3,6-7,10-15,27,30-32,36,40H,4-5,8-9,16-26,28-29H2,(H2,49,50,51)(H,52,59,60). The minimum absolute atomic E-state index is 0.0415. The molecule has 0 bridgehead atoms. The third-order valence-electron chi connectivity index (χ3n) is 14.0. The summed E-state index contributed by atoms with van der Waals surface area (Å²) in [5.74, 6) is 2.37. The molecule has 0 radical (unpaired) electrons. The summed E-state index contributed by atoms with van der Waals surface area (Å²) in [5, 5.41) is 8.19. The number of para-hydroxylation sites is 1. The second-order valence-electron chi connectivity index (χ2n) is 17.9. The predicted molar refractivity (Wildman–Crippen MR) is 238 cm³/mol. The van der Waals surface area contributed by atoms with Crippen molar-refractivity contribution in [3.63, 3.8) is 0 Å². The van der Waals surface area contributed by atoms with Crippen LogP contribution in [0.2, 0.25) is 0 Å².